The van der Waals surface area contributed by atoms with Gasteiger partial charge in [-0.05, 0) is 12.0 Å². The number of rotatable bonds is 4. The molecule has 5 heteroatoms. The Morgan fingerprint density at radius 2 is 2.00 bits per heavy atom. The molecule has 1 aliphatic rings. The quantitative estimate of drug-likeness (QED) is 0.855. The van der Waals surface area contributed by atoms with Crippen molar-refractivity contribution in [3.05, 3.63) is 35.9 Å². The minimum atomic E-state index is -0.0359. The van der Waals surface area contributed by atoms with E-state index in [1.165, 1.54) is 0 Å². The SMILES string of the molecule is NC(CCNC(=O)N1CCOCC1)c1ccccc1. The van der Waals surface area contributed by atoms with Gasteiger partial charge in [0.05, 0.1) is 13.2 Å². The van der Waals surface area contributed by atoms with Crippen LogP contribution in [-0.4, -0.2) is 43.8 Å². The topological polar surface area (TPSA) is 67.6 Å². The molecular weight excluding hydrogens is 242 g/mol. The number of carbonyl (C=O) groups excluding carboxylic acids is 1. The van der Waals surface area contributed by atoms with Crippen molar-refractivity contribution in [1.82, 2.24) is 10.2 Å². The van der Waals surface area contributed by atoms with Gasteiger partial charge in [0, 0.05) is 25.7 Å². The zero-order chi connectivity index (χ0) is 13.5. The Bertz CT molecular complexity index is 391. The summed E-state index contributed by atoms with van der Waals surface area (Å²) in [6, 6.07) is 9.87. The summed E-state index contributed by atoms with van der Waals surface area (Å²) in [6.07, 6.45) is 0.736. The van der Waals surface area contributed by atoms with Crippen molar-refractivity contribution in [2.75, 3.05) is 32.8 Å². The van der Waals surface area contributed by atoms with Crippen LogP contribution in [-0.2, 0) is 4.74 Å². The molecule has 0 bridgehead atoms. The number of hydrogen-bond acceptors (Lipinski definition) is 3. The van der Waals surface area contributed by atoms with Crippen molar-refractivity contribution >= 4 is 6.03 Å². The molecule has 1 aromatic rings. The predicted molar refractivity (Wildman–Crippen MR) is 73.8 cm³/mol. The molecule has 0 radical (unpaired) electrons. The molecule has 104 valence electrons. The minimum Gasteiger partial charge on any atom is -0.378 e. The summed E-state index contributed by atoms with van der Waals surface area (Å²) in [5, 5.41) is 2.90. The third-order valence-electron chi connectivity index (χ3n) is 3.26. The van der Waals surface area contributed by atoms with Gasteiger partial charge < -0.3 is 20.7 Å². The summed E-state index contributed by atoms with van der Waals surface area (Å²) in [5.41, 5.74) is 7.17. The number of morpholine rings is 1. The maximum absolute atomic E-state index is 11.8. The number of ether oxygens (including phenoxy) is 1. The van der Waals surface area contributed by atoms with Crippen LogP contribution in [0.5, 0.6) is 0 Å². The molecular formula is C14H21N3O2. The van der Waals surface area contributed by atoms with Gasteiger partial charge in [0.1, 0.15) is 0 Å². The third-order valence-corrected chi connectivity index (χ3v) is 3.26. The molecule has 3 N–H and O–H groups in total. The Morgan fingerprint density at radius 3 is 2.68 bits per heavy atom. The van der Waals surface area contributed by atoms with Gasteiger partial charge in [0.2, 0.25) is 0 Å². The van der Waals surface area contributed by atoms with Gasteiger partial charge in [0.25, 0.3) is 0 Å². The smallest absolute Gasteiger partial charge is 0.317 e. The number of nitrogens with zero attached hydrogens (tertiary/aromatic N) is 1. The maximum Gasteiger partial charge on any atom is 0.317 e. The number of hydrogen-bond donors (Lipinski definition) is 2. The Labute approximate surface area is 113 Å². The Morgan fingerprint density at radius 1 is 1.32 bits per heavy atom. The van der Waals surface area contributed by atoms with E-state index in [1.807, 2.05) is 30.3 Å². The van der Waals surface area contributed by atoms with Crippen LogP contribution in [0.1, 0.15) is 18.0 Å². The van der Waals surface area contributed by atoms with E-state index in [0.29, 0.717) is 32.8 Å². The van der Waals surface area contributed by atoms with E-state index >= 15 is 0 Å². The minimum absolute atomic E-state index is 0.0245. The van der Waals surface area contributed by atoms with Gasteiger partial charge in [-0.2, -0.15) is 0 Å². The van der Waals surface area contributed by atoms with Crippen molar-refractivity contribution < 1.29 is 9.53 Å². The van der Waals surface area contributed by atoms with Crippen LogP contribution in [0.2, 0.25) is 0 Å². The van der Waals surface area contributed by atoms with Crippen molar-refractivity contribution in [3.63, 3.8) is 0 Å². The zero-order valence-electron chi connectivity index (χ0n) is 11.0. The van der Waals surface area contributed by atoms with E-state index in [-0.39, 0.29) is 12.1 Å². The highest BCUT2D eigenvalue weighted by molar-refractivity contribution is 5.74. The molecule has 19 heavy (non-hydrogen) atoms. The monoisotopic (exact) mass is 263 g/mol. The van der Waals surface area contributed by atoms with Crippen molar-refractivity contribution in [1.29, 1.82) is 0 Å². The van der Waals surface area contributed by atoms with Gasteiger partial charge in [-0.3, -0.25) is 0 Å². The number of urea groups is 1. The van der Waals surface area contributed by atoms with Crippen molar-refractivity contribution in [2.24, 2.45) is 5.73 Å². The van der Waals surface area contributed by atoms with E-state index in [0.717, 1.165) is 12.0 Å². The second-order valence-corrected chi connectivity index (χ2v) is 4.64. The summed E-state index contributed by atoms with van der Waals surface area (Å²) < 4.78 is 5.21. The lowest BCUT2D eigenvalue weighted by molar-refractivity contribution is 0.0532. The summed E-state index contributed by atoms with van der Waals surface area (Å²) >= 11 is 0. The first-order chi connectivity index (χ1) is 9.27. The Balaban J connectivity index is 1.69. The highest BCUT2D eigenvalue weighted by Gasteiger charge is 2.16. The molecule has 1 heterocycles. The largest absolute Gasteiger partial charge is 0.378 e. The summed E-state index contributed by atoms with van der Waals surface area (Å²) in [6.45, 7) is 3.16. The second kappa shape index (κ2) is 7.11. The predicted octanol–water partition coefficient (Wildman–Crippen LogP) is 1.12. The van der Waals surface area contributed by atoms with Crippen LogP contribution in [0.4, 0.5) is 4.79 Å². The van der Waals surface area contributed by atoms with Crippen LogP contribution >= 0.6 is 0 Å². The van der Waals surface area contributed by atoms with E-state index in [1.54, 1.807) is 4.90 Å². The van der Waals surface area contributed by atoms with E-state index in [9.17, 15) is 4.79 Å². The lowest BCUT2D eigenvalue weighted by Crippen LogP contribution is -2.46. The fourth-order valence-corrected chi connectivity index (χ4v) is 2.08. The standard InChI is InChI=1S/C14H21N3O2/c15-13(12-4-2-1-3-5-12)6-7-16-14(18)17-8-10-19-11-9-17/h1-5,13H,6-11,15H2,(H,16,18). The van der Waals surface area contributed by atoms with Gasteiger partial charge in [-0.1, -0.05) is 30.3 Å². The fourth-order valence-electron chi connectivity index (χ4n) is 2.08. The highest BCUT2D eigenvalue weighted by Crippen LogP contribution is 2.12. The molecule has 1 aromatic carbocycles. The summed E-state index contributed by atoms with van der Waals surface area (Å²) in [4.78, 5) is 13.6. The molecule has 1 saturated heterocycles. The van der Waals surface area contributed by atoms with Crippen LogP contribution < -0.4 is 11.1 Å². The number of amides is 2. The van der Waals surface area contributed by atoms with Gasteiger partial charge in [-0.25, -0.2) is 4.79 Å². The molecule has 0 aromatic heterocycles. The van der Waals surface area contributed by atoms with Gasteiger partial charge >= 0.3 is 6.03 Å². The van der Waals surface area contributed by atoms with Gasteiger partial charge in [-0.15, -0.1) is 0 Å². The lowest BCUT2D eigenvalue weighted by atomic mass is 10.1. The van der Waals surface area contributed by atoms with E-state index in [4.69, 9.17) is 10.5 Å². The molecule has 5 nitrogen and oxygen atoms in total. The molecule has 1 fully saturated rings. The van der Waals surface area contributed by atoms with E-state index < -0.39 is 0 Å². The first-order valence-corrected chi connectivity index (χ1v) is 6.68. The van der Waals surface area contributed by atoms with E-state index in [2.05, 4.69) is 5.32 Å². The highest BCUT2D eigenvalue weighted by atomic mass is 16.5. The van der Waals surface area contributed by atoms with Crippen molar-refractivity contribution in [3.8, 4) is 0 Å². The molecule has 2 amide bonds. The molecule has 0 aliphatic carbocycles. The number of nitrogens with two attached hydrogens (primary N) is 1. The average Bonchev–Trinajstić information content (AvgIpc) is 2.49. The zero-order valence-corrected chi connectivity index (χ0v) is 11.0. The fraction of sp³-hybridized carbons (Fsp3) is 0.500. The van der Waals surface area contributed by atoms with Crippen molar-refractivity contribution in [2.45, 2.75) is 12.5 Å². The Hall–Kier alpha value is -1.59. The molecule has 2 rings (SSSR count). The normalized spacial score (nSPS) is 17.0. The second-order valence-electron chi connectivity index (χ2n) is 4.64. The summed E-state index contributed by atoms with van der Waals surface area (Å²) in [5.74, 6) is 0. The number of carbonyl (C=O) groups is 1. The number of nitrogens with one attached hydrogen (secondary N) is 1. The van der Waals surface area contributed by atoms with Crippen LogP contribution in [0.15, 0.2) is 30.3 Å². The summed E-state index contributed by atoms with van der Waals surface area (Å²) in [7, 11) is 0. The average molecular weight is 263 g/mol. The maximum atomic E-state index is 11.8. The third kappa shape index (κ3) is 4.22. The molecule has 1 aliphatic heterocycles. The molecule has 0 spiro atoms. The molecule has 0 saturated carbocycles. The molecule has 1 atom stereocenters. The number of benzene rings is 1. The van der Waals surface area contributed by atoms with Gasteiger partial charge in [0.15, 0.2) is 0 Å². The van der Waals surface area contributed by atoms with Crippen LogP contribution in [0, 0.1) is 0 Å². The molecule has 1 unspecified atom stereocenters. The lowest BCUT2D eigenvalue weighted by Gasteiger charge is -2.27. The first kappa shape index (κ1) is 13.8. The van der Waals surface area contributed by atoms with Crippen LogP contribution in [0.25, 0.3) is 0 Å². The Kier molecular flexibility index (Phi) is 5.18. The first-order valence-electron chi connectivity index (χ1n) is 6.68. The van der Waals surface area contributed by atoms with Crippen LogP contribution in [0.3, 0.4) is 0 Å².